The highest BCUT2D eigenvalue weighted by molar-refractivity contribution is 7.89. The fourth-order valence-electron chi connectivity index (χ4n) is 4.54. The third kappa shape index (κ3) is 5.46. The van der Waals surface area contributed by atoms with Crippen molar-refractivity contribution < 1.29 is 17.6 Å². The second kappa shape index (κ2) is 10.6. The minimum Gasteiger partial charge on any atom is -0.337 e. The summed E-state index contributed by atoms with van der Waals surface area (Å²) >= 11 is 0. The summed E-state index contributed by atoms with van der Waals surface area (Å²) in [6.45, 7) is 4.02. The SMILES string of the molecule is N#Cc1ccc(CN2CCCN(C(=O)c3ccc(F)c(S(=O)(=O)N4CCCCC4)c3)CC2)cc1. The van der Waals surface area contributed by atoms with Crippen LogP contribution in [0.2, 0.25) is 0 Å². The van der Waals surface area contributed by atoms with Crippen molar-refractivity contribution in [3.8, 4) is 6.07 Å². The highest BCUT2D eigenvalue weighted by Crippen LogP contribution is 2.25. The van der Waals surface area contributed by atoms with Crippen LogP contribution in [0.4, 0.5) is 4.39 Å². The summed E-state index contributed by atoms with van der Waals surface area (Å²) in [5.41, 5.74) is 1.92. The quantitative estimate of drug-likeness (QED) is 0.651. The average Bonchev–Trinajstić information content (AvgIpc) is 3.10. The number of sulfonamides is 1. The number of nitrogens with zero attached hydrogens (tertiary/aromatic N) is 4. The van der Waals surface area contributed by atoms with Gasteiger partial charge in [-0.15, -0.1) is 0 Å². The first-order chi connectivity index (χ1) is 16.4. The van der Waals surface area contributed by atoms with Crippen LogP contribution in [0.1, 0.15) is 47.2 Å². The molecule has 9 heteroatoms. The molecule has 0 bridgehead atoms. The molecule has 2 aliphatic rings. The van der Waals surface area contributed by atoms with Gasteiger partial charge in [0.1, 0.15) is 10.7 Å². The van der Waals surface area contributed by atoms with Gasteiger partial charge in [-0.2, -0.15) is 9.57 Å². The molecular formula is C25H29FN4O3S. The molecule has 2 saturated heterocycles. The number of halogens is 1. The van der Waals surface area contributed by atoms with Crippen LogP contribution >= 0.6 is 0 Å². The molecule has 0 N–H and O–H groups in total. The zero-order valence-corrected chi connectivity index (χ0v) is 19.9. The zero-order chi connectivity index (χ0) is 24.1. The van der Waals surface area contributed by atoms with Gasteiger partial charge in [0.05, 0.1) is 11.6 Å². The minimum absolute atomic E-state index is 0.192. The van der Waals surface area contributed by atoms with E-state index in [0.29, 0.717) is 38.3 Å². The van der Waals surface area contributed by atoms with Gasteiger partial charge in [-0.1, -0.05) is 18.6 Å². The van der Waals surface area contributed by atoms with Gasteiger partial charge in [0, 0.05) is 51.4 Å². The van der Waals surface area contributed by atoms with Crippen molar-refractivity contribution >= 4 is 15.9 Å². The molecule has 0 unspecified atom stereocenters. The molecule has 2 fully saturated rings. The Morgan fingerprint density at radius 2 is 1.65 bits per heavy atom. The Morgan fingerprint density at radius 3 is 2.35 bits per heavy atom. The van der Waals surface area contributed by atoms with Crippen LogP contribution in [0.5, 0.6) is 0 Å². The molecule has 4 rings (SSSR count). The van der Waals surface area contributed by atoms with E-state index in [1.807, 2.05) is 12.1 Å². The lowest BCUT2D eigenvalue weighted by molar-refractivity contribution is 0.0760. The topological polar surface area (TPSA) is 84.7 Å². The number of amides is 1. The third-order valence-electron chi connectivity index (χ3n) is 6.48. The summed E-state index contributed by atoms with van der Waals surface area (Å²) in [6.07, 6.45) is 3.25. The van der Waals surface area contributed by atoms with E-state index in [1.54, 1.807) is 17.0 Å². The summed E-state index contributed by atoms with van der Waals surface area (Å²) in [4.78, 5) is 16.7. The number of carbonyl (C=O) groups is 1. The van der Waals surface area contributed by atoms with Gasteiger partial charge in [0.2, 0.25) is 10.0 Å². The number of piperidine rings is 1. The maximum atomic E-state index is 14.5. The Balaban J connectivity index is 1.44. The van der Waals surface area contributed by atoms with Gasteiger partial charge in [-0.05, 0) is 55.2 Å². The van der Waals surface area contributed by atoms with Crippen molar-refractivity contribution in [2.24, 2.45) is 0 Å². The Morgan fingerprint density at radius 1 is 0.912 bits per heavy atom. The van der Waals surface area contributed by atoms with E-state index in [2.05, 4.69) is 11.0 Å². The second-order valence-electron chi connectivity index (χ2n) is 8.84. The highest BCUT2D eigenvalue weighted by Gasteiger charge is 2.30. The van der Waals surface area contributed by atoms with Crippen LogP contribution in [-0.4, -0.2) is 67.7 Å². The third-order valence-corrected chi connectivity index (χ3v) is 8.39. The van der Waals surface area contributed by atoms with Crippen LogP contribution in [0.3, 0.4) is 0 Å². The molecule has 7 nitrogen and oxygen atoms in total. The van der Waals surface area contributed by atoms with Crippen molar-refractivity contribution in [2.45, 2.75) is 37.1 Å². The Labute approximate surface area is 200 Å². The molecule has 0 atom stereocenters. The summed E-state index contributed by atoms with van der Waals surface area (Å²) in [6, 6.07) is 13.2. The van der Waals surface area contributed by atoms with Gasteiger partial charge < -0.3 is 4.90 Å². The van der Waals surface area contributed by atoms with Gasteiger partial charge in [-0.3, -0.25) is 9.69 Å². The molecule has 0 radical (unpaired) electrons. The van der Waals surface area contributed by atoms with Crippen molar-refractivity contribution in [1.82, 2.24) is 14.1 Å². The predicted octanol–water partition coefficient (Wildman–Crippen LogP) is 3.22. The normalized spacial score (nSPS) is 18.3. The molecule has 180 valence electrons. The fourth-order valence-corrected chi connectivity index (χ4v) is 6.14. The van der Waals surface area contributed by atoms with E-state index >= 15 is 0 Å². The van der Waals surface area contributed by atoms with Crippen LogP contribution in [0.25, 0.3) is 0 Å². The van der Waals surface area contributed by atoms with Gasteiger partial charge in [0.25, 0.3) is 5.91 Å². The summed E-state index contributed by atoms with van der Waals surface area (Å²) in [7, 11) is -3.98. The molecule has 0 aliphatic carbocycles. The number of carbonyl (C=O) groups excluding carboxylic acids is 1. The number of benzene rings is 2. The number of rotatable bonds is 5. The molecule has 0 saturated carbocycles. The van der Waals surface area contributed by atoms with Crippen LogP contribution in [-0.2, 0) is 16.6 Å². The Bertz CT molecular complexity index is 1170. The van der Waals surface area contributed by atoms with E-state index in [0.717, 1.165) is 50.4 Å². The van der Waals surface area contributed by atoms with E-state index in [-0.39, 0.29) is 11.5 Å². The van der Waals surface area contributed by atoms with Crippen LogP contribution in [0.15, 0.2) is 47.4 Å². The number of hydrogen-bond acceptors (Lipinski definition) is 5. The standard InChI is InChI=1S/C25H29FN4O3S/c26-23-10-9-22(17-24(23)34(32,33)30-13-2-1-3-14-30)25(31)29-12-4-11-28(15-16-29)19-21-7-5-20(18-27)6-8-21/h5-10,17H,1-4,11-16,19H2. The molecule has 2 heterocycles. The first-order valence-corrected chi connectivity index (χ1v) is 13.1. The molecule has 2 aliphatic heterocycles. The van der Waals surface area contributed by atoms with Crippen molar-refractivity contribution in [3.63, 3.8) is 0 Å². The molecule has 0 spiro atoms. The summed E-state index contributed by atoms with van der Waals surface area (Å²) in [5, 5.41) is 8.95. The zero-order valence-electron chi connectivity index (χ0n) is 19.1. The lowest BCUT2D eigenvalue weighted by Gasteiger charge is -2.26. The van der Waals surface area contributed by atoms with Crippen LogP contribution < -0.4 is 0 Å². The first kappa shape index (κ1) is 24.3. The Kier molecular flexibility index (Phi) is 7.61. The van der Waals surface area contributed by atoms with Crippen molar-refractivity contribution in [3.05, 3.63) is 65.0 Å². The number of hydrogen-bond donors (Lipinski definition) is 0. The highest BCUT2D eigenvalue weighted by atomic mass is 32.2. The molecular weight excluding hydrogens is 455 g/mol. The molecule has 2 aromatic carbocycles. The van der Waals surface area contributed by atoms with Gasteiger partial charge in [-0.25, -0.2) is 12.8 Å². The summed E-state index contributed by atoms with van der Waals surface area (Å²) in [5.74, 6) is -1.11. The monoisotopic (exact) mass is 484 g/mol. The Hall–Kier alpha value is -2.80. The first-order valence-electron chi connectivity index (χ1n) is 11.7. The van der Waals surface area contributed by atoms with E-state index in [4.69, 9.17) is 5.26 Å². The second-order valence-corrected chi connectivity index (χ2v) is 10.7. The van der Waals surface area contributed by atoms with Gasteiger partial charge >= 0.3 is 0 Å². The van der Waals surface area contributed by atoms with Crippen molar-refractivity contribution in [2.75, 3.05) is 39.3 Å². The maximum Gasteiger partial charge on any atom is 0.253 e. The predicted molar refractivity (Wildman–Crippen MR) is 126 cm³/mol. The molecule has 1 amide bonds. The molecule has 2 aromatic rings. The minimum atomic E-state index is -3.98. The van der Waals surface area contributed by atoms with E-state index in [1.165, 1.54) is 16.4 Å². The van der Waals surface area contributed by atoms with E-state index in [9.17, 15) is 17.6 Å². The molecule has 0 aromatic heterocycles. The lowest BCUT2D eigenvalue weighted by atomic mass is 10.1. The lowest BCUT2D eigenvalue weighted by Crippen LogP contribution is -2.37. The smallest absolute Gasteiger partial charge is 0.253 e. The van der Waals surface area contributed by atoms with Crippen molar-refractivity contribution in [1.29, 1.82) is 5.26 Å². The largest absolute Gasteiger partial charge is 0.337 e. The number of nitriles is 1. The van der Waals surface area contributed by atoms with Crippen LogP contribution in [0, 0.1) is 17.1 Å². The fraction of sp³-hybridized carbons (Fsp3) is 0.440. The average molecular weight is 485 g/mol. The summed E-state index contributed by atoms with van der Waals surface area (Å²) < 4.78 is 41.9. The molecule has 34 heavy (non-hydrogen) atoms. The van der Waals surface area contributed by atoms with E-state index < -0.39 is 20.7 Å². The van der Waals surface area contributed by atoms with Gasteiger partial charge in [0.15, 0.2) is 0 Å². The maximum absolute atomic E-state index is 14.5.